The first-order chi connectivity index (χ1) is 15.1. The second kappa shape index (κ2) is 15.2. The second-order valence-corrected chi connectivity index (χ2v) is 7.87. The molecule has 0 aliphatic carbocycles. The minimum Gasteiger partial charge on any atom is -0.653 e. The third-order valence-electron chi connectivity index (χ3n) is 5.75. The summed E-state index contributed by atoms with van der Waals surface area (Å²) in [5.41, 5.74) is 3.56. The van der Waals surface area contributed by atoms with Gasteiger partial charge in [0.25, 0.3) is 0 Å². The maximum absolute atomic E-state index is 5.29. The molecule has 3 aromatic carbocycles. The third kappa shape index (κ3) is 8.21. The zero-order valence-corrected chi connectivity index (χ0v) is 20.5. The average molecular weight is 422 g/mol. The number of rotatable bonds is 11. The molecule has 0 amide bonds. The Morgan fingerprint density at radius 1 is 0.576 bits per heavy atom. The van der Waals surface area contributed by atoms with E-state index in [0.717, 1.165) is 5.56 Å². The van der Waals surface area contributed by atoms with E-state index >= 15 is 0 Å². The number of nitrogens with zero attached hydrogens (tertiary/aromatic N) is 2. The van der Waals surface area contributed by atoms with Crippen LogP contribution in [0.2, 0.25) is 0 Å². The summed E-state index contributed by atoms with van der Waals surface area (Å²) in [6.07, 6.45) is 3.88. The largest absolute Gasteiger partial charge is 1.00 e. The molecule has 4 atom stereocenters. The van der Waals surface area contributed by atoms with E-state index in [2.05, 4.69) is 99.8 Å². The van der Waals surface area contributed by atoms with E-state index in [-0.39, 0.29) is 67.8 Å². The SMILES string of the molecule is C=CC(C=C)[C@@H]([N-][C@@H](C)c1ccccc1)[C@H]([N-][C@@H](C)c1ccccc1)c1ccccc1.[Li+].[Li+]. The normalized spacial score (nSPS) is 14.2. The summed E-state index contributed by atoms with van der Waals surface area (Å²) in [4.78, 5) is 0. The van der Waals surface area contributed by atoms with Crippen molar-refractivity contribution in [2.24, 2.45) is 5.92 Å². The molecule has 0 heterocycles. The van der Waals surface area contributed by atoms with Gasteiger partial charge in [0.15, 0.2) is 0 Å². The predicted molar refractivity (Wildman–Crippen MR) is 133 cm³/mol. The first kappa shape index (κ1) is 29.3. The van der Waals surface area contributed by atoms with Crippen molar-refractivity contribution >= 4 is 0 Å². The van der Waals surface area contributed by atoms with E-state index in [1.165, 1.54) is 11.1 Å². The maximum Gasteiger partial charge on any atom is 1.00 e. The molecule has 0 fully saturated rings. The molecule has 0 radical (unpaired) electrons. The van der Waals surface area contributed by atoms with E-state index in [4.69, 9.17) is 10.6 Å². The molecule has 0 bridgehead atoms. The summed E-state index contributed by atoms with van der Waals surface area (Å²) < 4.78 is 0. The van der Waals surface area contributed by atoms with Gasteiger partial charge in [0, 0.05) is 0 Å². The second-order valence-electron chi connectivity index (χ2n) is 7.87. The molecular weight excluding hydrogens is 390 g/mol. The summed E-state index contributed by atoms with van der Waals surface area (Å²) in [5.74, 6) is 0.0168. The molecule has 0 saturated carbocycles. The van der Waals surface area contributed by atoms with Gasteiger partial charge in [0.05, 0.1) is 0 Å². The van der Waals surface area contributed by atoms with Gasteiger partial charge in [-0.1, -0.05) is 134 Å². The molecule has 0 spiro atoms. The van der Waals surface area contributed by atoms with Gasteiger partial charge in [-0.2, -0.15) is 0 Å². The fourth-order valence-corrected chi connectivity index (χ4v) is 3.92. The van der Waals surface area contributed by atoms with Gasteiger partial charge in [-0.05, 0) is 5.92 Å². The molecule has 3 aromatic rings. The summed E-state index contributed by atoms with van der Waals surface area (Å²) in [5, 5.41) is 10.6. The van der Waals surface area contributed by atoms with Crippen molar-refractivity contribution in [1.82, 2.24) is 0 Å². The number of benzene rings is 3. The smallest absolute Gasteiger partial charge is 0.653 e. The Balaban J connectivity index is 0.00000272. The van der Waals surface area contributed by atoms with Gasteiger partial charge in [0.1, 0.15) is 0 Å². The Kier molecular flexibility index (Phi) is 13.5. The molecule has 0 aliphatic heterocycles. The quantitative estimate of drug-likeness (QED) is 0.335. The van der Waals surface area contributed by atoms with E-state index in [1.54, 1.807) is 0 Å². The van der Waals surface area contributed by atoms with Gasteiger partial charge in [0.2, 0.25) is 0 Å². The van der Waals surface area contributed by atoms with Crippen LogP contribution in [0.1, 0.15) is 48.7 Å². The Hall–Kier alpha value is -1.75. The average Bonchev–Trinajstić information content (AvgIpc) is 2.84. The Morgan fingerprint density at radius 3 is 1.33 bits per heavy atom. The van der Waals surface area contributed by atoms with Crippen LogP contribution >= 0.6 is 0 Å². The standard InChI is InChI=1S/C29H32N2.2Li/c1-5-24(6-2)28(30-22(3)25-16-10-7-11-17-25)29(27-20-14-9-15-21-27)31-23(4)26-18-12-8-13-19-26;;/h5-24,28-29H,1-2H2,3-4H3;;/q-2;2*+1/t22-,23-,28+,29+;;/m0../s1. The molecular formula is C29H32Li2N2. The summed E-state index contributed by atoms with van der Waals surface area (Å²) in [6.45, 7) is 12.4. The maximum atomic E-state index is 5.29. The summed E-state index contributed by atoms with van der Waals surface area (Å²) in [6, 6.07) is 31.2. The summed E-state index contributed by atoms with van der Waals surface area (Å²) >= 11 is 0. The Bertz CT molecular complexity index is 924. The van der Waals surface area contributed by atoms with Gasteiger partial charge >= 0.3 is 37.7 Å². The van der Waals surface area contributed by atoms with Gasteiger partial charge < -0.3 is 10.6 Å². The molecule has 0 aromatic heterocycles. The zero-order valence-electron chi connectivity index (χ0n) is 20.5. The van der Waals surface area contributed by atoms with Crippen LogP contribution in [0.15, 0.2) is 116 Å². The molecule has 0 aliphatic rings. The van der Waals surface area contributed by atoms with E-state index in [1.807, 2.05) is 30.4 Å². The zero-order chi connectivity index (χ0) is 22.1. The molecule has 33 heavy (non-hydrogen) atoms. The molecule has 160 valence electrons. The Morgan fingerprint density at radius 2 is 0.939 bits per heavy atom. The van der Waals surface area contributed by atoms with Crippen LogP contribution in [0.3, 0.4) is 0 Å². The topological polar surface area (TPSA) is 28.2 Å². The molecule has 0 saturated heterocycles. The van der Waals surface area contributed by atoms with Crippen molar-refractivity contribution in [3.8, 4) is 0 Å². The number of hydrogen-bond donors (Lipinski definition) is 0. The first-order valence-corrected chi connectivity index (χ1v) is 10.9. The third-order valence-corrected chi connectivity index (χ3v) is 5.75. The minimum absolute atomic E-state index is 0. The van der Waals surface area contributed by atoms with Crippen LogP contribution in [0.5, 0.6) is 0 Å². The van der Waals surface area contributed by atoms with Crippen LogP contribution in [-0.2, 0) is 0 Å². The molecule has 0 N–H and O–H groups in total. The van der Waals surface area contributed by atoms with Crippen molar-refractivity contribution < 1.29 is 37.7 Å². The minimum atomic E-state index is -0.108. The molecule has 4 heteroatoms. The predicted octanol–water partition coefficient (Wildman–Crippen LogP) is 2.36. The molecule has 3 rings (SSSR count). The van der Waals surface area contributed by atoms with E-state index < -0.39 is 0 Å². The fraction of sp³-hybridized carbons (Fsp3) is 0.241. The van der Waals surface area contributed by atoms with Crippen LogP contribution in [-0.4, -0.2) is 6.04 Å². The first-order valence-electron chi connectivity index (χ1n) is 10.9. The van der Waals surface area contributed by atoms with Crippen LogP contribution in [0.4, 0.5) is 0 Å². The van der Waals surface area contributed by atoms with Crippen LogP contribution in [0.25, 0.3) is 10.6 Å². The van der Waals surface area contributed by atoms with Crippen molar-refractivity contribution in [1.29, 1.82) is 0 Å². The van der Waals surface area contributed by atoms with Crippen LogP contribution < -0.4 is 37.7 Å². The van der Waals surface area contributed by atoms with E-state index in [9.17, 15) is 0 Å². The summed E-state index contributed by atoms with van der Waals surface area (Å²) in [7, 11) is 0. The van der Waals surface area contributed by atoms with Crippen molar-refractivity contribution in [3.05, 3.63) is 144 Å². The van der Waals surface area contributed by atoms with Crippen molar-refractivity contribution in [2.45, 2.75) is 38.0 Å². The van der Waals surface area contributed by atoms with Gasteiger partial charge in [-0.25, -0.2) is 0 Å². The van der Waals surface area contributed by atoms with Gasteiger partial charge in [-0.15, -0.1) is 37.3 Å². The fourth-order valence-electron chi connectivity index (χ4n) is 3.92. The van der Waals surface area contributed by atoms with Crippen LogP contribution in [0, 0.1) is 5.92 Å². The van der Waals surface area contributed by atoms with Crippen molar-refractivity contribution in [2.75, 3.05) is 0 Å². The monoisotopic (exact) mass is 422 g/mol. The van der Waals surface area contributed by atoms with E-state index in [0.29, 0.717) is 0 Å². The number of hydrogen-bond acceptors (Lipinski definition) is 0. The molecule has 2 nitrogen and oxygen atoms in total. The Labute approximate surface area is 224 Å². The molecule has 0 unspecified atom stereocenters. The van der Waals surface area contributed by atoms with Crippen molar-refractivity contribution in [3.63, 3.8) is 0 Å². The van der Waals surface area contributed by atoms with Gasteiger partial charge in [-0.3, -0.25) is 0 Å².